The first-order valence-electron chi connectivity index (χ1n) is 7.91. The van der Waals surface area contributed by atoms with Gasteiger partial charge < -0.3 is 4.90 Å². The molecule has 1 unspecified atom stereocenters. The summed E-state index contributed by atoms with van der Waals surface area (Å²) in [4.78, 5) is 2.47. The van der Waals surface area contributed by atoms with Crippen LogP contribution in [0.1, 0.15) is 81.1 Å². The fourth-order valence-corrected chi connectivity index (χ4v) is 2.36. The summed E-state index contributed by atoms with van der Waals surface area (Å²) in [7, 11) is 2.24. The Hall–Kier alpha value is -0.0400. The second-order valence-electron chi connectivity index (χ2n) is 4.09. The van der Waals surface area contributed by atoms with Gasteiger partial charge in [-0.1, -0.05) is 61.8 Å². The quantitative estimate of drug-likeness (QED) is 0.626. The maximum atomic E-state index is 2.47. The van der Waals surface area contributed by atoms with Crippen molar-refractivity contribution in [1.29, 1.82) is 0 Å². The van der Waals surface area contributed by atoms with E-state index < -0.39 is 0 Å². The molecule has 108 valence electrons. The number of rotatable bonds is 3. The normalized spacial score (nSPS) is 22.4. The van der Waals surface area contributed by atoms with Gasteiger partial charge in [0.25, 0.3) is 0 Å². The van der Waals surface area contributed by atoms with Crippen molar-refractivity contribution in [2.45, 2.75) is 81.1 Å². The van der Waals surface area contributed by atoms with Crippen molar-refractivity contribution >= 4 is 0 Å². The molecule has 1 aliphatic rings. The molecule has 0 spiro atoms. The molecule has 0 N–H and O–H groups in total. The summed E-state index contributed by atoms with van der Waals surface area (Å²) in [5.41, 5.74) is 0.684. The van der Waals surface area contributed by atoms with Crippen LogP contribution in [-0.2, 0) is 0 Å². The Kier molecular flexibility index (Phi) is 20.8. The highest BCUT2D eigenvalue weighted by Gasteiger charge is 2.33. The van der Waals surface area contributed by atoms with Crippen LogP contribution < -0.4 is 0 Å². The lowest BCUT2D eigenvalue weighted by Gasteiger charge is -2.26. The molecule has 1 rings (SSSR count). The first-order valence-corrected chi connectivity index (χ1v) is 7.91. The lowest BCUT2D eigenvalue weighted by molar-refractivity contribution is 0.248. The Balaban J connectivity index is -0.000000285. The molecule has 0 aromatic carbocycles. The van der Waals surface area contributed by atoms with Gasteiger partial charge in [0.1, 0.15) is 0 Å². The molecule has 0 saturated carbocycles. The molecule has 0 bridgehead atoms. The molecule has 1 aliphatic heterocycles. The minimum Gasteiger partial charge on any atom is -0.306 e. The van der Waals surface area contributed by atoms with E-state index in [4.69, 9.17) is 0 Å². The lowest BCUT2D eigenvalue weighted by atomic mass is 9.80. The summed E-state index contributed by atoms with van der Waals surface area (Å²) in [5.74, 6) is 0. The average Bonchev–Trinajstić information content (AvgIpc) is 2.79. The minimum absolute atomic E-state index is 0.684. The average molecular weight is 245 g/mol. The van der Waals surface area contributed by atoms with Gasteiger partial charge in [-0.15, -0.1) is 0 Å². The van der Waals surface area contributed by atoms with Crippen LogP contribution in [0.15, 0.2) is 0 Å². The molecule has 0 aromatic heterocycles. The van der Waals surface area contributed by atoms with E-state index in [-0.39, 0.29) is 0 Å². The molecule has 0 amide bonds. The van der Waals surface area contributed by atoms with Crippen molar-refractivity contribution in [2.24, 2.45) is 5.41 Å². The van der Waals surface area contributed by atoms with E-state index in [1.807, 2.05) is 41.5 Å². The molecule has 1 saturated heterocycles. The number of hydrogen-bond acceptors (Lipinski definition) is 1. The predicted octanol–water partition coefficient (Wildman–Crippen LogP) is 5.60. The standard InChI is InChI=1S/C10H21N.3C2H6/c1-4-6-10(5-2)7-8-11(3)9-10;3*1-2/h4-9H2,1-3H3;3*1-2H3. The van der Waals surface area contributed by atoms with Crippen LogP contribution in [0.4, 0.5) is 0 Å². The summed E-state index contributed by atoms with van der Waals surface area (Å²) < 4.78 is 0. The van der Waals surface area contributed by atoms with Gasteiger partial charge in [-0.3, -0.25) is 0 Å². The van der Waals surface area contributed by atoms with E-state index in [9.17, 15) is 0 Å². The Bertz CT molecular complexity index is 119. The van der Waals surface area contributed by atoms with Crippen LogP contribution >= 0.6 is 0 Å². The number of hydrogen-bond donors (Lipinski definition) is 0. The molecule has 1 atom stereocenters. The van der Waals surface area contributed by atoms with Crippen LogP contribution in [0, 0.1) is 5.41 Å². The molecule has 1 heterocycles. The zero-order valence-electron chi connectivity index (χ0n) is 14.2. The van der Waals surface area contributed by atoms with Gasteiger partial charge in [-0.25, -0.2) is 0 Å². The first-order chi connectivity index (χ1) is 8.22. The zero-order valence-corrected chi connectivity index (χ0v) is 14.2. The molecule has 0 aliphatic carbocycles. The Morgan fingerprint density at radius 3 is 1.65 bits per heavy atom. The van der Waals surface area contributed by atoms with Crippen molar-refractivity contribution in [3.8, 4) is 0 Å². The third-order valence-electron chi connectivity index (χ3n) is 3.16. The van der Waals surface area contributed by atoms with Gasteiger partial charge in [0.2, 0.25) is 0 Å². The van der Waals surface area contributed by atoms with E-state index in [1.54, 1.807) is 0 Å². The Morgan fingerprint density at radius 1 is 0.941 bits per heavy atom. The van der Waals surface area contributed by atoms with Gasteiger partial charge in [-0.05, 0) is 38.3 Å². The highest BCUT2D eigenvalue weighted by molar-refractivity contribution is 4.86. The van der Waals surface area contributed by atoms with Gasteiger partial charge in [-0.2, -0.15) is 0 Å². The minimum atomic E-state index is 0.684. The summed E-state index contributed by atoms with van der Waals surface area (Å²) >= 11 is 0. The Morgan fingerprint density at radius 2 is 1.41 bits per heavy atom. The molecular weight excluding hydrogens is 206 g/mol. The number of nitrogens with zero attached hydrogens (tertiary/aromatic N) is 1. The summed E-state index contributed by atoms with van der Waals surface area (Å²) in [6.07, 6.45) is 5.56. The van der Waals surface area contributed by atoms with E-state index in [0.717, 1.165) is 0 Å². The molecule has 1 heteroatoms. The monoisotopic (exact) mass is 245 g/mol. The van der Waals surface area contributed by atoms with Gasteiger partial charge >= 0.3 is 0 Å². The molecule has 1 nitrogen and oxygen atoms in total. The van der Waals surface area contributed by atoms with E-state index >= 15 is 0 Å². The van der Waals surface area contributed by atoms with Crippen LogP contribution in [0.3, 0.4) is 0 Å². The topological polar surface area (TPSA) is 3.24 Å². The maximum Gasteiger partial charge on any atom is 0.00353 e. The highest BCUT2D eigenvalue weighted by atomic mass is 15.1. The van der Waals surface area contributed by atoms with Crippen molar-refractivity contribution in [3.05, 3.63) is 0 Å². The SMILES string of the molecule is CC.CC.CC.CCCC1(CC)CCN(C)C1. The van der Waals surface area contributed by atoms with Crippen LogP contribution in [0.25, 0.3) is 0 Å². The second-order valence-corrected chi connectivity index (χ2v) is 4.09. The summed E-state index contributed by atoms with van der Waals surface area (Å²) in [5, 5.41) is 0. The predicted molar refractivity (Wildman–Crippen MR) is 83.8 cm³/mol. The van der Waals surface area contributed by atoms with Gasteiger partial charge in [0.05, 0.1) is 0 Å². The van der Waals surface area contributed by atoms with Crippen molar-refractivity contribution in [2.75, 3.05) is 20.1 Å². The largest absolute Gasteiger partial charge is 0.306 e. The molecule has 17 heavy (non-hydrogen) atoms. The molecular formula is C16H39N. The molecule has 0 radical (unpaired) electrons. The van der Waals surface area contributed by atoms with Crippen LogP contribution in [0.5, 0.6) is 0 Å². The van der Waals surface area contributed by atoms with Gasteiger partial charge in [0.15, 0.2) is 0 Å². The third kappa shape index (κ3) is 9.64. The van der Waals surface area contributed by atoms with E-state index in [0.29, 0.717) is 5.41 Å². The summed E-state index contributed by atoms with van der Waals surface area (Å²) in [6, 6.07) is 0. The second kappa shape index (κ2) is 16.0. The molecule has 0 aromatic rings. The third-order valence-corrected chi connectivity index (χ3v) is 3.16. The van der Waals surface area contributed by atoms with Crippen LogP contribution in [0.2, 0.25) is 0 Å². The van der Waals surface area contributed by atoms with Crippen molar-refractivity contribution < 1.29 is 0 Å². The maximum absolute atomic E-state index is 2.47. The zero-order chi connectivity index (χ0) is 14.3. The lowest BCUT2D eigenvalue weighted by Crippen LogP contribution is -2.24. The fourth-order valence-electron chi connectivity index (χ4n) is 2.36. The summed E-state index contributed by atoms with van der Waals surface area (Å²) in [6.45, 7) is 19.3. The number of likely N-dealkylation sites (tertiary alicyclic amines) is 1. The van der Waals surface area contributed by atoms with Gasteiger partial charge in [0, 0.05) is 6.54 Å². The highest BCUT2D eigenvalue weighted by Crippen LogP contribution is 2.37. The van der Waals surface area contributed by atoms with Crippen molar-refractivity contribution in [1.82, 2.24) is 4.90 Å². The fraction of sp³-hybridized carbons (Fsp3) is 1.00. The van der Waals surface area contributed by atoms with E-state index in [1.165, 1.54) is 38.8 Å². The smallest absolute Gasteiger partial charge is 0.00353 e. The van der Waals surface area contributed by atoms with E-state index in [2.05, 4.69) is 25.8 Å². The molecule has 1 fully saturated rings. The first kappa shape index (κ1) is 22.2. The van der Waals surface area contributed by atoms with Crippen molar-refractivity contribution in [3.63, 3.8) is 0 Å². The Labute approximate surface area is 112 Å². The van der Waals surface area contributed by atoms with Crippen LogP contribution in [-0.4, -0.2) is 25.0 Å².